The van der Waals surface area contributed by atoms with Crippen molar-refractivity contribution < 1.29 is 13.5 Å². The Kier molecular flexibility index (Phi) is 7.60. The maximum absolute atomic E-state index is 13.2. The summed E-state index contributed by atoms with van der Waals surface area (Å²) in [4.78, 5) is 0. The molecule has 0 heterocycles. The molecule has 108 valence electrons. The summed E-state index contributed by atoms with van der Waals surface area (Å²) >= 11 is 0. The Hall–Kier alpha value is -1.00. The van der Waals surface area contributed by atoms with Crippen molar-refractivity contribution in [1.82, 2.24) is 5.32 Å². The van der Waals surface area contributed by atoms with Gasteiger partial charge >= 0.3 is 0 Å². The molecule has 1 aromatic rings. The molecule has 4 heteroatoms. The normalized spacial score (nSPS) is 12.6. The molecule has 19 heavy (non-hydrogen) atoms. The third-order valence-electron chi connectivity index (χ3n) is 3.00. The van der Waals surface area contributed by atoms with Crippen molar-refractivity contribution in [2.24, 2.45) is 0 Å². The van der Waals surface area contributed by atoms with Gasteiger partial charge in [-0.15, -0.1) is 0 Å². The summed E-state index contributed by atoms with van der Waals surface area (Å²) in [7, 11) is 0. The predicted molar refractivity (Wildman–Crippen MR) is 73.3 cm³/mol. The van der Waals surface area contributed by atoms with Crippen LogP contribution in [0.5, 0.6) is 0 Å². The van der Waals surface area contributed by atoms with Gasteiger partial charge in [-0.05, 0) is 50.4 Å². The van der Waals surface area contributed by atoms with E-state index in [0.29, 0.717) is 6.42 Å². The van der Waals surface area contributed by atoms with E-state index in [1.54, 1.807) is 6.07 Å². The van der Waals surface area contributed by atoms with Crippen molar-refractivity contribution in [3.05, 3.63) is 35.4 Å². The second kappa shape index (κ2) is 8.99. The standard InChI is InChI=1S/C15H23F2NO/c1-3-18-13(6-5-9-19-4-2)10-12-7-8-14(16)15(17)11-12/h7-8,11,13,18H,3-6,9-10H2,1-2H3. The van der Waals surface area contributed by atoms with E-state index in [-0.39, 0.29) is 6.04 Å². The molecule has 0 amide bonds. The Morgan fingerprint density at radius 1 is 1.21 bits per heavy atom. The topological polar surface area (TPSA) is 21.3 Å². The molecule has 0 saturated heterocycles. The van der Waals surface area contributed by atoms with Gasteiger partial charge in [0.15, 0.2) is 11.6 Å². The van der Waals surface area contributed by atoms with E-state index in [2.05, 4.69) is 5.32 Å². The molecule has 1 rings (SSSR count). The lowest BCUT2D eigenvalue weighted by Crippen LogP contribution is -2.31. The van der Waals surface area contributed by atoms with Crippen LogP contribution in [0.4, 0.5) is 8.78 Å². The van der Waals surface area contributed by atoms with Gasteiger partial charge in [-0.3, -0.25) is 0 Å². The van der Waals surface area contributed by atoms with Crippen molar-refractivity contribution in [3.8, 4) is 0 Å². The van der Waals surface area contributed by atoms with Crippen molar-refractivity contribution in [3.63, 3.8) is 0 Å². The van der Waals surface area contributed by atoms with Crippen LogP contribution >= 0.6 is 0 Å². The fourth-order valence-corrected chi connectivity index (χ4v) is 2.09. The third-order valence-corrected chi connectivity index (χ3v) is 3.00. The Morgan fingerprint density at radius 2 is 2.00 bits per heavy atom. The number of hydrogen-bond acceptors (Lipinski definition) is 2. The van der Waals surface area contributed by atoms with Crippen LogP contribution in [0.15, 0.2) is 18.2 Å². The molecule has 1 N–H and O–H groups in total. The SMILES string of the molecule is CCNC(CCCOCC)Cc1ccc(F)c(F)c1. The first kappa shape index (κ1) is 16.1. The number of halogens is 2. The minimum Gasteiger partial charge on any atom is -0.382 e. The number of hydrogen-bond donors (Lipinski definition) is 1. The van der Waals surface area contributed by atoms with Crippen LogP contribution < -0.4 is 5.32 Å². The fraction of sp³-hybridized carbons (Fsp3) is 0.600. The summed E-state index contributed by atoms with van der Waals surface area (Å²) < 4.78 is 31.3. The van der Waals surface area contributed by atoms with E-state index in [0.717, 1.165) is 38.2 Å². The van der Waals surface area contributed by atoms with E-state index < -0.39 is 11.6 Å². The predicted octanol–water partition coefficient (Wildman–Crippen LogP) is 3.30. The average Bonchev–Trinajstić information content (AvgIpc) is 2.39. The van der Waals surface area contributed by atoms with Crippen LogP contribution in [0, 0.1) is 11.6 Å². The van der Waals surface area contributed by atoms with Crippen molar-refractivity contribution in [1.29, 1.82) is 0 Å². The van der Waals surface area contributed by atoms with Crippen LogP contribution in [0.1, 0.15) is 32.3 Å². The third kappa shape index (κ3) is 6.12. The van der Waals surface area contributed by atoms with Crippen LogP contribution in [-0.2, 0) is 11.2 Å². The first-order valence-corrected chi connectivity index (χ1v) is 6.92. The molecule has 0 fully saturated rings. The average molecular weight is 271 g/mol. The van der Waals surface area contributed by atoms with Crippen LogP contribution in [0.3, 0.4) is 0 Å². The second-order valence-electron chi connectivity index (χ2n) is 4.55. The Bertz CT molecular complexity index is 371. The van der Waals surface area contributed by atoms with Gasteiger partial charge in [0.1, 0.15) is 0 Å². The molecule has 0 aliphatic carbocycles. The van der Waals surface area contributed by atoms with E-state index in [4.69, 9.17) is 4.74 Å². The molecular weight excluding hydrogens is 248 g/mol. The Morgan fingerprint density at radius 3 is 2.63 bits per heavy atom. The van der Waals surface area contributed by atoms with Gasteiger partial charge in [-0.1, -0.05) is 13.0 Å². The van der Waals surface area contributed by atoms with Gasteiger partial charge in [-0.2, -0.15) is 0 Å². The van der Waals surface area contributed by atoms with Crippen molar-refractivity contribution in [2.45, 2.75) is 39.2 Å². The maximum atomic E-state index is 13.2. The molecule has 2 nitrogen and oxygen atoms in total. The summed E-state index contributed by atoms with van der Waals surface area (Å²) in [6.07, 6.45) is 2.64. The van der Waals surface area contributed by atoms with E-state index in [1.165, 1.54) is 12.1 Å². The summed E-state index contributed by atoms with van der Waals surface area (Å²) in [5.74, 6) is -1.57. The highest BCUT2D eigenvalue weighted by Gasteiger charge is 2.10. The highest BCUT2D eigenvalue weighted by Crippen LogP contribution is 2.12. The minimum atomic E-state index is -0.792. The molecule has 1 atom stereocenters. The number of likely N-dealkylation sites (N-methyl/N-ethyl adjacent to an activating group) is 1. The fourth-order valence-electron chi connectivity index (χ4n) is 2.09. The Labute approximate surface area is 114 Å². The van der Waals surface area contributed by atoms with Gasteiger partial charge in [0, 0.05) is 19.3 Å². The molecule has 0 spiro atoms. The monoisotopic (exact) mass is 271 g/mol. The Balaban J connectivity index is 2.49. The van der Waals surface area contributed by atoms with Gasteiger partial charge in [0.2, 0.25) is 0 Å². The zero-order chi connectivity index (χ0) is 14.1. The highest BCUT2D eigenvalue weighted by molar-refractivity contribution is 5.18. The molecule has 0 aliphatic heterocycles. The quantitative estimate of drug-likeness (QED) is 0.696. The van der Waals surface area contributed by atoms with Crippen molar-refractivity contribution >= 4 is 0 Å². The number of benzene rings is 1. The van der Waals surface area contributed by atoms with Gasteiger partial charge in [0.25, 0.3) is 0 Å². The summed E-state index contributed by atoms with van der Waals surface area (Å²) in [5, 5.41) is 3.37. The first-order valence-electron chi connectivity index (χ1n) is 6.92. The van der Waals surface area contributed by atoms with Gasteiger partial charge < -0.3 is 10.1 Å². The van der Waals surface area contributed by atoms with Gasteiger partial charge in [0.05, 0.1) is 0 Å². The van der Waals surface area contributed by atoms with Crippen molar-refractivity contribution in [2.75, 3.05) is 19.8 Å². The lowest BCUT2D eigenvalue weighted by atomic mass is 10.0. The largest absolute Gasteiger partial charge is 0.382 e. The summed E-state index contributed by atoms with van der Waals surface area (Å²) in [6, 6.07) is 4.39. The van der Waals surface area contributed by atoms with E-state index in [1.807, 2.05) is 13.8 Å². The number of rotatable bonds is 9. The molecule has 0 bridgehead atoms. The minimum absolute atomic E-state index is 0.273. The smallest absolute Gasteiger partial charge is 0.159 e. The van der Waals surface area contributed by atoms with E-state index in [9.17, 15) is 8.78 Å². The maximum Gasteiger partial charge on any atom is 0.159 e. The zero-order valence-electron chi connectivity index (χ0n) is 11.7. The van der Waals surface area contributed by atoms with E-state index >= 15 is 0 Å². The molecule has 0 aliphatic rings. The second-order valence-corrected chi connectivity index (χ2v) is 4.55. The lowest BCUT2D eigenvalue weighted by molar-refractivity contribution is 0.141. The van der Waals surface area contributed by atoms with Crippen LogP contribution in [-0.4, -0.2) is 25.8 Å². The molecule has 1 aromatic carbocycles. The molecule has 0 saturated carbocycles. The summed E-state index contributed by atoms with van der Waals surface area (Å²) in [5.41, 5.74) is 0.821. The molecule has 0 aromatic heterocycles. The number of nitrogens with one attached hydrogen (secondary N) is 1. The summed E-state index contributed by atoms with van der Waals surface area (Å²) in [6.45, 7) is 6.36. The van der Waals surface area contributed by atoms with Crippen LogP contribution in [0.25, 0.3) is 0 Å². The van der Waals surface area contributed by atoms with Crippen LogP contribution in [0.2, 0.25) is 0 Å². The molecule has 0 radical (unpaired) electrons. The lowest BCUT2D eigenvalue weighted by Gasteiger charge is -2.18. The van der Waals surface area contributed by atoms with Gasteiger partial charge in [-0.25, -0.2) is 8.78 Å². The first-order chi connectivity index (χ1) is 9.17. The highest BCUT2D eigenvalue weighted by atomic mass is 19.2. The molecule has 1 unspecified atom stereocenters. The molecular formula is C15H23F2NO. The zero-order valence-corrected chi connectivity index (χ0v) is 11.7. The number of ether oxygens (including phenoxy) is 1.